The van der Waals surface area contributed by atoms with Crippen LogP contribution < -0.4 is 5.32 Å². The van der Waals surface area contributed by atoms with Gasteiger partial charge in [-0.05, 0) is 59.8 Å². The number of ether oxygens (including phenoxy) is 1. The summed E-state index contributed by atoms with van der Waals surface area (Å²) >= 11 is 3.39. The van der Waals surface area contributed by atoms with E-state index < -0.39 is 0 Å². The Kier molecular flexibility index (Phi) is 5.81. The van der Waals surface area contributed by atoms with Crippen LogP contribution in [0.5, 0.6) is 0 Å². The molecule has 2 nitrogen and oxygen atoms in total. The molecule has 1 aromatic rings. The Balaban J connectivity index is 2.15. The minimum absolute atomic E-state index is 0.0468. The van der Waals surface area contributed by atoms with E-state index in [1.165, 1.54) is 6.07 Å². The minimum atomic E-state index is -0.190. The molecule has 0 radical (unpaired) electrons. The summed E-state index contributed by atoms with van der Waals surface area (Å²) in [6.07, 6.45) is 2.03. The first kappa shape index (κ1) is 16.9. The molecule has 1 heterocycles. The lowest BCUT2D eigenvalue weighted by Crippen LogP contribution is -2.42. The van der Waals surface area contributed by atoms with Crippen molar-refractivity contribution in [2.75, 3.05) is 19.7 Å². The van der Waals surface area contributed by atoms with Crippen molar-refractivity contribution in [3.8, 4) is 0 Å². The van der Waals surface area contributed by atoms with Gasteiger partial charge in [0, 0.05) is 18.6 Å². The zero-order valence-electron chi connectivity index (χ0n) is 13.1. The Morgan fingerprint density at radius 1 is 1.48 bits per heavy atom. The summed E-state index contributed by atoms with van der Waals surface area (Å²) in [5.74, 6) is 0.435. The maximum atomic E-state index is 13.7. The summed E-state index contributed by atoms with van der Waals surface area (Å²) < 4.78 is 20.1. The van der Waals surface area contributed by atoms with Crippen molar-refractivity contribution in [3.05, 3.63) is 34.1 Å². The van der Waals surface area contributed by atoms with Gasteiger partial charge in [0.05, 0.1) is 10.6 Å². The van der Waals surface area contributed by atoms with Crippen LogP contribution in [0.1, 0.15) is 32.8 Å². The second-order valence-corrected chi connectivity index (χ2v) is 7.33. The van der Waals surface area contributed by atoms with Crippen molar-refractivity contribution < 1.29 is 9.13 Å². The molecule has 2 unspecified atom stereocenters. The maximum Gasteiger partial charge on any atom is 0.137 e. The molecular weight excluding hydrogens is 333 g/mol. The summed E-state index contributed by atoms with van der Waals surface area (Å²) in [5, 5.41) is 3.56. The fraction of sp³-hybridized carbons (Fsp3) is 0.647. The van der Waals surface area contributed by atoms with Crippen LogP contribution >= 0.6 is 15.9 Å². The average Bonchev–Trinajstić information content (AvgIpc) is 2.76. The predicted molar refractivity (Wildman–Crippen MR) is 88.0 cm³/mol. The summed E-state index contributed by atoms with van der Waals surface area (Å²) in [6, 6.07) is 5.28. The van der Waals surface area contributed by atoms with Crippen molar-refractivity contribution in [1.29, 1.82) is 0 Å². The lowest BCUT2D eigenvalue weighted by molar-refractivity contribution is 0.0626. The van der Waals surface area contributed by atoms with Crippen molar-refractivity contribution in [2.24, 2.45) is 11.3 Å². The lowest BCUT2D eigenvalue weighted by Gasteiger charge is -2.33. The van der Waals surface area contributed by atoms with E-state index in [9.17, 15) is 4.39 Å². The van der Waals surface area contributed by atoms with E-state index in [0.717, 1.165) is 38.1 Å². The first-order valence-electron chi connectivity index (χ1n) is 7.70. The second-order valence-electron chi connectivity index (χ2n) is 6.54. The number of benzene rings is 1. The summed E-state index contributed by atoms with van der Waals surface area (Å²) in [5.41, 5.74) is 1.07. The van der Waals surface area contributed by atoms with Crippen molar-refractivity contribution in [2.45, 2.75) is 39.7 Å². The Bertz CT molecular complexity index is 480. The quantitative estimate of drug-likeness (QED) is 0.824. The molecule has 1 aliphatic heterocycles. The molecule has 2 atom stereocenters. The molecule has 0 saturated carbocycles. The van der Waals surface area contributed by atoms with Crippen molar-refractivity contribution >= 4 is 15.9 Å². The highest BCUT2D eigenvalue weighted by Gasteiger charge is 2.41. The Hall–Kier alpha value is -0.450. The monoisotopic (exact) mass is 357 g/mol. The van der Waals surface area contributed by atoms with E-state index in [1.807, 2.05) is 6.07 Å². The van der Waals surface area contributed by atoms with Gasteiger partial charge >= 0.3 is 0 Å². The Morgan fingerprint density at radius 3 is 2.86 bits per heavy atom. The van der Waals surface area contributed by atoms with Gasteiger partial charge in [0.25, 0.3) is 0 Å². The summed E-state index contributed by atoms with van der Waals surface area (Å²) in [7, 11) is 0. The maximum absolute atomic E-state index is 13.7. The van der Waals surface area contributed by atoms with E-state index >= 15 is 0 Å². The van der Waals surface area contributed by atoms with Crippen LogP contribution in [0.15, 0.2) is 22.7 Å². The third kappa shape index (κ3) is 4.05. The zero-order chi connectivity index (χ0) is 15.5. The van der Waals surface area contributed by atoms with Gasteiger partial charge in [-0.2, -0.15) is 0 Å². The SMILES string of the molecule is CC(C)CNCC1(Cc2cccc(F)c2Br)CCOC1C. The van der Waals surface area contributed by atoms with Crippen LogP contribution in [-0.4, -0.2) is 25.8 Å². The fourth-order valence-electron chi connectivity index (χ4n) is 3.02. The molecular formula is C17H25BrFNO. The first-order valence-corrected chi connectivity index (χ1v) is 8.49. The molecule has 1 aliphatic rings. The third-order valence-corrected chi connectivity index (χ3v) is 5.32. The number of nitrogens with one attached hydrogen (secondary N) is 1. The first-order chi connectivity index (χ1) is 9.94. The van der Waals surface area contributed by atoms with E-state index in [2.05, 4.69) is 42.0 Å². The topological polar surface area (TPSA) is 21.3 Å². The third-order valence-electron chi connectivity index (χ3n) is 4.43. The smallest absolute Gasteiger partial charge is 0.137 e. The predicted octanol–water partition coefficient (Wildman–Crippen LogP) is 4.17. The average molecular weight is 358 g/mol. The van der Waals surface area contributed by atoms with Crippen LogP contribution in [0.3, 0.4) is 0 Å². The lowest BCUT2D eigenvalue weighted by atomic mass is 9.76. The number of halogens is 2. The van der Waals surface area contributed by atoms with Gasteiger partial charge in [-0.1, -0.05) is 26.0 Å². The van der Waals surface area contributed by atoms with E-state index in [4.69, 9.17) is 4.74 Å². The molecule has 0 bridgehead atoms. The van der Waals surface area contributed by atoms with Crippen LogP contribution in [-0.2, 0) is 11.2 Å². The molecule has 0 aromatic heterocycles. The molecule has 2 rings (SSSR count). The molecule has 1 fully saturated rings. The Morgan fingerprint density at radius 2 is 2.24 bits per heavy atom. The molecule has 118 valence electrons. The highest BCUT2D eigenvalue weighted by molar-refractivity contribution is 9.10. The van der Waals surface area contributed by atoms with Crippen LogP contribution in [0.2, 0.25) is 0 Å². The molecule has 1 aromatic carbocycles. The summed E-state index contributed by atoms with van der Waals surface area (Å²) in [4.78, 5) is 0. The highest BCUT2D eigenvalue weighted by atomic mass is 79.9. The molecule has 0 spiro atoms. The molecule has 1 N–H and O–H groups in total. The molecule has 0 amide bonds. The van der Waals surface area contributed by atoms with Gasteiger partial charge < -0.3 is 10.1 Å². The van der Waals surface area contributed by atoms with Crippen LogP contribution in [0.25, 0.3) is 0 Å². The fourth-order valence-corrected chi connectivity index (χ4v) is 3.42. The number of hydrogen-bond acceptors (Lipinski definition) is 2. The van der Waals surface area contributed by atoms with E-state index in [1.54, 1.807) is 6.07 Å². The Labute approximate surface area is 135 Å². The standard InChI is InChI=1S/C17H25BrFNO/c1-12(2)10-20-11-17(7-8-21-13(17)3)9-14-5-4-6-15(19)16(14)18/h4-6,12-13,20H,7-11H2,1-3H3. The van der Waals surface area contributed by atoms with Gasteiger partial charge in [0.1, 0.15) is 5.82 Å². The van der Waals surface area contributed by atoms with Crippen molar-refractivity contribution in [3.63, 3.8) is 0 Å². The van der Waals surface area contributed by atoms with Crippen LogP contribution in [0.4, 0.5) is 4.39 Å². The molecule has 4 heteroatoms. The molecule has 0 aliphatic carbocycles. The second kappa shape index (κ2) is 7.21. The van der Waals surface area contributed by atoms with Gasteiger partial charge in [0.15, 0.2) is 0 Å². The van der Waals surface area contributed by atoms with Gasteiger partial charge in [0.2, 0.25) is 0 Å². The zero-order valence-corrected chi connectivity index (χ0v) is 14.7. The van der Waals surface area contributed by atoms with Gasteiger partial charge in [-0.3, -0.25) is 0 Å². The minimum Gasteiger partial charge on any atom is -0.378 e. The van der Waals surface area contributed by atoms with E-state index in [0.29, 0.717) is 10.4 Å². The molecule has 21 heavy (non-hydrogen) atoms. The van der Waals surface area contributed by atoms with Crippen molar-refractivity contribution in [1.82, 2.24) is 5.32 Å². The highest BCUT2D eigenvalue weighted by Crippen LogP contribution is 2.39. The van der Waals surface area contributed by atoms with Crippen LogP contribution in [0, 0.1) is 17.2 Å². The van der Waals surface area contributed by atoms with Gasteiger partial charge in [-0.25, -0.2) is 4.39 Å². The van der Waals surface area contributed by atoms with Gasteiger partial charge in [-0.15, -0.1) is 0 Å². The normalized spacial score (nSPS) is 25.7. The molecule has 1 saturated heterocycles. The summed E-state index contributed by atoms with van der Waals surface area (Å²) in [6.45, 7) is 9.25. The number of hydrogen-bond donors (Lipinski definition) is 1. The number of rotatable bonds is 6. The van der Waals surface area contributed by atoms with E-state index in [-0.39, 0.29) is 17.3 Å². The largest absolute Gasteiger partial charge is 0.378 e.